The summed E-state index contributed by atoms with van der Waals surface area (Å²) in [6.45, 7) is 11.1. The molecule has 2 atom stereocenters. The Morgan fingerprint density at radius 3 is 2.28 bits per heavy atom. The van der Waals surface area contributed by atoms with E-state index < -0.39 is 0 Å². The topological polar surface area (TPSA) is 23.5 Å². The maximum absolute atomic E-state index is 9.52. The molecule has 1 fully saturated rings. The second-order valence-corrected chi connectivity index (χ2v) is 6.57. The summed E-state index contributed by atoms with van der Waals surface area (Å²) in [5, 5.41) is 9.52. The third kappa shape index (κ3) is 2.86. The fourth-order valence-electron chi connectivity index (χ4n) is 2.67. The van der Waals surface area contributed by atoms with Gasteiger partial charge in [0.2, 0.25) is 0 Å². The van der Waals surface area contributed by atoms with E-state index in [1.807, 2.05) is 12.1 Å². The van der Waals surface area contributed by atoms with Gasteiger partial charge in [-0.25, -0.2) is 0 Å². The first-order valence-corrected chi connectivity index (χ1v) is 6.91. The van der Waals surface area contributed by atoms with E-state index in [0.29, 0.717) is 5.41 Å². The number of anilines is 1. The van der Waals surface area contributed by atoms with Crippen LogP contribution in [0.2, 0.25) is 0 Å². The molecule has 1 aliphatic rings. The summed E-state index contributed by atoms with van der Waals surface area (Å²) in [4.78, 5) is 2.46. The van der Waals surface area contributed by atoms with Crippen molar-refractivity contribution in [2.45, 2.75) is 40.2 Å². The zero-order valence-electron chi connectivity index (χ0n) is 12.0. The van der Waals surface area contributed by atoms with Crippen LogP contribution in [0, 0.1) is 11.3 Å². The van der Waals surface area contributed by atoms with Gasteiger partial charge in [-0.1, -0.05) is 32.9 Å². The lowest BCUT2D eigenvalue weighted by molar-refractivity contribution is 0.199. The molecule has 18 heavy (non-hydrogen) atoms. The van der Waals surface area contributed by atoms with Crippen LogP contribution in [-0.4, -0.2) is 18.2 Å². The summed E-state index contributed by atoms with van der Waals surface area (Å²) < 4.78 is 0. The first-order valence-electron chi connectivity index (χ1n) is 6.91. The number of aliphatic hydroxyl groups is 1. The van der Waals surface area contributed by atoms with Gasteiger partial charge in [0.25, 0.3) is 0 Å². The van der Waals surface area contributed by atoms with Crippen molar-refractivity contribution in [1.82, 2.24) is 0 Å². The van der Waals surface area contributed by atoms with E-state index in [-0.39, 0.29) is 6.10 Å². The fourth-order valence-corrected chi connectivity index (χ4v) is 2.67. The normalized spacial score (nSPS) is 22.3. The SMILES string of the molecule is CC(O)c1ccc(N2CCC(C(C)(C)C)C2)cc1. The van der Waals surface area contributed by atoms with E-state index in [2.05, 4.69) is 37.8 Å². The van der Waals surface area contributed by atoms with Crippen molar-refractivity contribution >= 4 is 5.69 Å². The monoisotopic (exact) mass is 247 g/mol. The quantitative estimate of drug-likeness (QED) is 0.863. The highest BCUT2D eigenvalue weighted by atomic mass is 16.3. The predicted octanol–water partition coefficient (Wildman–Crippen LogP) is 3.61. The van der Waals surface area contributed by atoms with Crippen molar-refractivity contribution in [3.8, 4) is 0 Å². The van der Waals surface area contributed by atoms with Crippen LogP contribution < -0.4 is 4.90 Å². The lowest BCUT2D eigenvalue weighted by Gasteiger charge is -2.27. The Balaban J connectivity index is 2.05. The molecule has 1 heterocycles. The standard InChI is InChI=1S/C16H25NO/c1-12(18)13-5-7-15(8-6-13)17-10-9-14(11-17)16(2,3)4/h5-8,12,14,18H,9-11H2,1-4H3. The maximum Gasteiger partial charge on any atom is 0.0761 e. The third-order valence-corrected chi connectivity index (χ3v) is 4.15. The van der Waals surface area contributed by atoms with Gasteiger partial charge in [-0.2, -0.15) is 0 Å². The van der Waals surface area contributed by atoms with Crippen LogP contribution in [0.4, 0.5) is 5.69 Å². The zero-order valence-corrected chi connectivity index (χ0v) is 12.0. The Morgan fingerprint density at radius 1 is 1.22 bits per heavy atom. The number of hydrogen-bond donors (Lipinski definition) is 1. The molecule has 0 amide bonds. The molecule has 0 aromatic heterocycles. The Morgan fingerprint density at radius 2 is 1.83 bits per heavy atom. The molecule has 2 unspecified atom stereocenters. The predicted molar refractivity (Wildman–Crippen MR) is 76.9 cm³/mol. The molecular formula is C16H25NO. The molecule has 0 spiro atoms. The summed E-state index contributed by atoms with van der Waals surface area (Å²) in [5.41, 5.74) is 2.67. The number of nitrogens with zero attached hydrogens (tertiary/aromatic N) is 1. The van der Waals surface area contributed by atoms with Crippen LogP contribution in [0.1, 0.15) is 45.8 Å². The van der Waals surface area contributed by atoms with Gasteiger partial charge in [0.15, 0.2) is 0 Å². The minimum Gasteiger partial charge on any atom is -0.389 e. The highest BCUT2D eigenvalue weighted by Gasteiger charge is 2.31. The smallest absolute Gasteiger partial charge is 0.0761 e. The summed E-state index contributed by atoms with van der Waals surface area (Å²) in [7, 11) is 0. The number of hydrogen-bond acceptors (Lipinski definition) is 2. The second kappa shape index (κ2) is 4.93. The van der Waals surface area contributed by atoms with Gasteiger partial charge < -0.3 is 10.0 Å². The van der Waals surface area contributed by atoms with Crippen molar-refractivity contribution in [3.05, 3.63) is 29.8 Å². The molecule has 1 N–H and O–H groups in total. The molecule has 0 saturated carbocycles. The molecular weight excluding hydrogens is 222 g/mol. The van der Waals surface area contributed by atoms with Crippen molar-refractivity contribution in [2.24, 2.45) is 11.3 Å². The van der Waals surface area contributed by atoms with Gasteiger partial charge in [-0.15, -0.1) is 0 Å². The van der Waals surface area contributed by atoms with Crippen molar-refractivity contribution in [2.75, 3.05) is 18.0 Å². The first kappa shape index (κ1) is 13.4. The molecule has 2 heteroatoms. The minimum atomic E-state index is -0.375. The van der Waals surface area contributed by atoms with E-state index in [4.69, 9.17) is 0 Å². The van der Waals surface area contributed by atoms with Crippen molar-refractivity contribution < 1.29 is 5.11 Å². The average molecular weight is 247 g/mol. The van der Waals surface area contributed by atoms with Crippen LogP contribution in [0.15, 0.2) is 24.3 Å². The average Bonchev–Trinajstić information content (AvgIpc) is 2.78. The molecule has 0 radical (unpaired) electrons. The maximum atomic E-state index is 9.52. The Labute approximate surface area is 111 Å². The summed E-state index contributed by atoms with van der Waals surface area (Å²) in [6, 6.07) is 8.33. The van der Waals surface area contributed by atoms with Gasteiger partial charge >= 0.3 is 0 Å². The molecule has 1 aromatic carbocycles. The number of rotatable bonds is 2. The van der Waals surface area contributed by atoms with E-state index in [1.165, 1.54) is 12.1 Å². The molecule has 2 nitrogen and oxygen atoms in total. The van der Waals surface area contributed by atoms with E-state index >= 15 is 0 Å². The van der Waals surface area contributed by atoms with Gasteiger partial charge in [-0.05, 0) is 42.4 Å². The van der Waals surface area contributed by atoms with E-state index in [9.17, 15) is 5.11 Å². The van der Waals surface area contributed by atoms with Crippen LogP contribution >= 0.6 is 0 Å². The molecule has 100 valence electrons. The molecule has 1 aliphatic heterocycles. The van der Waals surface area contributed by atoms with Crippen molar-refractivity contribution in [1.29, 1.82) is 0 Å². The van der Waals surface area contributed by atoms with Gasteiger partial charge in [0.1, 0.15) is 0 Å². The van der Waals surface area contributed by atoms with Gasteiger partial charge in [-0.3, -0.25) is 0 Å². The number of benzene rings is 1. The Kier molecular flexibility index (Phi) is 3.67. The molecule has 2 rings (SSSR count). The third-order valence-electron chi connectivity index (χ3n) is 4.15. The lowest BCUT2D eigenvalue weighted by atomic mass is 9.80. The van der Waals surface area contributed by atoms with Crippen LogP contribution in [-0.2, 0) is 0 Å². The second-order valence-electron chi connectivity index (χ2n) is 6.57. The fraction of sp³-hybridized carbons (Fsp3) is 0.625. The first-order chi connectivity index (χ1) is 8.38. The highest BCUT2D eigenvalue weighted by Crippen LogP contribution is 2.35. The van der Waals surface area contributed by atoms with Crippen LogP contribution in [0.5, 0.6) is 0 Å². The van der Waals surface area contributed by atoms with Gasteiger partial charge in [0.05, 0.1) is 6.10 Å². The molecule has 1 saturated heterocycles. The zero-order chi connectivity index (χ0) is 13.3. The molecule has 0 aliphatic carbocycles. The van der Waals surface area contributed by atoms with E-state index in [1.54, 1.807) is 6.92 Å². The minimum absolute atomic E-state index is 0.375. The van der Waals surface area contributed by atoms with Crippen LogP contribution in [0.3, 0.4) is 0 Å². The van der Waals surface area contributed by atoms with Gasteiger partial charge in [0, 0.05) is 18.8 Å². The van der Waals surface area contributed by atoms with Crippen molar-refractivity contribution in [3.63, 3.8) is 0 Å². The summed E-state index contributed by atoms with van der Waals surface area (Å²) >= 11 is 0. The summed E-state index contributed by atoms with van der Waals surface area (Å²) in [6.07, 6.45) is 0.904. The Bertz CT molecular complexity index is 389. The van der Waals surface area contributed by atoms with E-state index in [0.717, 1.165) is 24.6 Å². The highest BCUT2D eigenvalue weighted by molar-refractivity contribution is 5.48. The largest absolute Gasteiger partial charge is 0.389 e. The molecule has 1 aromatic rings. The molecule has 0 bridgehead atoms. The number of aliphatic hydroxyl groups excluding tert-OH is 1. The Hall–Kier alpha value is -1.02. The lowest BCUT2D eigenvalue weighted by Crippen LogP contribution is -2.25. The van der Waals surface area contributed by atoms with Crippen LogP contribution in [0.25, 0.3) is 0 Å². The summed E-state index contributed by atoms with van der Waals surface area (Å²) in [5.74, 6) is 0.772.